The number of hydrogen-bond donors (Lipinski definition) is 1. The van der Waals surface area contributed by atoms with E-state index in [9.17, 15) is 0 Å². The van der Waals surface area contributed by atoms with E-state index in [1.165, 1.54) is 0 Å². The molecule has 9 heteroatoms. The second kappa shape index (κ2) is 10.2. The third-order valence-electron chi connectivity index (χ3n) is 4.82. The molecule has 0 radical (unpaired) electrons. The summed E-state index contributed by atoms with van der Waals surface area (Å²) in [4.78, 5) is 13.5. The smallest absolute Gasteiger partial charge is 0.194 e. The number of rotatable bonds is 4. The molecule has 1 saturated heterocycles. The lowest BCUT2D eigenvalue weighted by Gasteiger charge is -2.37. The Morgan fingerprint density at radius 1 is 1.03 bits per heavy atom. The van der Waals surface area contributed by atoms with E-state index in [0.717, 1.165) is 49.5 Å². The highest BCUT2D eigenvalue weighted by Crippen LogP contribution is 2.13. The summed E-state index contributed by atoms with van der Waals surface area (Å²) in [5.41, 5.74) is 1.04. The fourth-order valence-corrected chi connectivity index (χ4v) is 3.36. The van der Waals surface area contributed by atoms with E-state index in [-0.39, 0.29) is 24.0 Å². The van der Waals surface area contributed by atoms with Crippen LogP contribution in [-0.4, -0.2) is 63.8 Å². The fraction of sp³-hybridized carbons (Fsp3) is 0.300. The number of para-hydroxylation sites is 1. The predicted octanol–water partition coefficient (Wildman–Crippen LogP) is 2.18. The molecule has 0 spiro atoms. The van der Waals surface area contributed by atoms with Crippen molar-refractivity contribution in [1.29, 1.82) is 0 Å². The predicted molar refractivity (Wildman–Crippen MR) is 125 cm³/mol. The van der Waals surface area contributed by atoms with Crippen molar-refractivity contribution in [1.82, 2.24) is 30.0 Å². The van der Waals surface area contributed by atoms with Crippen molar-refractivity contribution in [2.75, 3.05) is 38.1 Å². The maximum absolute atomic E-state index is 4.45. The first-order chi connectivity index (χ1) is 13.8. The molecule has 1 aliphatic heterocycles. The van der Waals surface area contributed by atoms with Gasteiger partial charge in [-0.25, -0.2) is 4.98 Å². The molecule has 3 aromatic rings. The van der Waals surface area contributed by atoms with Gasteiger partial charge in [-0.2, -0.15) is 0 Å². The molecule has 29 heavy (non-hydrogen) atoms. The van der Waals surface area contributed by atoms with Crippen molar-refractivity contribution in [2.45, 2.75) is 6.54 Å². The van der Waals surface area contributed by atoms with Gasteiger partial charge in [0.25, 0.3) is 0 Å². The molecule has 1 aliphatic rings. The van der Waals surface area contributed by atoms with Crippen molar-refractivity contribution in [3.63, 3.8) is 0 Å². The van der Waals surface area contributed by atoms with E-state index in [4.69, 9.17) is 0 Å². The van der Waals surface area contributed by atoms with Gasteiger partial charge in [0, 0.05) is 45.1 Å². The molecule has 152 valence electrons. The quantitative estimate of drug-likeness (QED) is 0.334. The fourth-order valence-electron chi connectivity index (χ4n) is 3.36. The van der Waals surface area contributed by atoms with Crippen LogP contribution in [0.25, 0.3) is 5.69 Å². The Bertz CT molecular complexity index is 905. The van der Waals surface area contributed by atoms with Crippen LogP contribution in [0, 0.1) is 0 Å². The van der Waals surface area contributed by atoms with Crippen LogP contribution in [0.4, 0.5) is 5.82 Å². The molecular weight excluding hydrogens is 479 g/mol. The second-order valence-corrected chi connectivity index (χ2v) is 6.52. The summed E-state index contributed by atoms with van der Waals surface area (Å²) < 4.78 is 1.99. The van der Waals surface area contributed by atoms with Gasteiger partial charge in [0.15, 0.2) is 11.8 Å². The minimum Gasteiger partial charge on any atom is -0.353 e. The Morgan fingerprint density at radius 3 is 2.48 bits per heavy atom. The number of guanidine groups is 1. The second-order valence-electron chi connectivity index (χ2n) is 6.52. The molecule has 0 saturated carbocycles. The summed E-state index contributed by atoms with van der Waals surface area (Å²) in [6, 6.07) is 16.1. The summed E-state index contributed by atoms with van der Waals surface area (Å²) in [7, 11) is 1.81. The van der Waals surface area contributed by atoms with E-state index in [2.05, 4.69) is 41.4 Å². The Kier molecular flexibility index (Phi) is 7.39. The van der Waals surface area contributed by atoms with Crippen LogP contribution < -0.4 is 10.2 Å². The molecule has 3 heterocycles. The number of hydrogen-bond acceptors (Lipinski definition) is 5. The number of aliphatic imine (C=N–C) groups is 1. The molecule has 1 aromatic carbocycles. The van der Waals surface area contributed by atoms with Crippen LogP contribution in [0.1, 0.15) is 5.82 Å². The molecule has 0 amide bonds. The van der Waals surface area contributed by atoms with Crippen LogP contribution in [0.15, 0.2) is 66.0 Å². The highest BCUT2D eigenvalue weighted by molar-refractivity contribution is 14.0. The largest absolute Gasteiger partial charge is 0.353 e. The highest BCUT2D eigenvalue weighted by atomic mass is 127. The van der Waals surface area contributed by atoms with Crippen molar-refractivity contribution >= 4 is 35.8 Å². The van der Waals surface area contributed by atoms with Crippen molar-refractivity contribution in [3.05, 3.63) is 66.9 Å². The zero-order valence-electron chi connectivity index (χ0n) is 16.3. The van der Waals surface area contributed by atoms with Crippen molar-refractivity contribution < 1.29 is 0 Å². The van der Waals surface area contributed by atoms with Gasteiger partial charge in [0.05, 0.1) is 6.54 Å². The van der Waals surface area contributed by atoms with Gasteiger partial charge >= 0.3 is 0 Å². The molecule has 0 atom stereocenters. The lowest BCUT2D eigenvalue weighted by atomic mass is 10.3. The van der Waals surface area contributed by atoms with E-state index in [1.54, 1.807) is 6.33 Å². The van der Waals surface area contributed by atoms with E-state index in [1.807, 2.05) is 60.3 Å². The lowest BCUT2D eigenvalue weighted by molar-refractivity contribution is 0.370. The van der Waals surface area contributed by atoms with E-state index < -0.39 is 0 Å². The monoisotopic (exact) mass is 504 g/mol. The summed E-state index contributed by atoms with van der Waals surface area (Å²) in [5, 5.41) is 11.7. The number of benzene rings is 1. The van der Waals surface area contributed by atoms with Crippen molar-refractivity contribution in [3.8, 4) is 5.69 Å². The Morgan fingerprint density at radius 2 is 1.79 bits per heavy atom. The zero-order chi connectivity index (χ0) is 19.2. The number of anilines is 1. The molecule has 2 aromatic heterocycles. The number of nitrogens with zero attached hydrogens (tertiary/aromatic N) is 7. The van der Waals surface area contributed by atoms with Crippen LogP contribution >= 0.6 is 24.0 Å². The first-order valence-corrected chi connectivity index (χ1v) is 9.41. The molecule has 0 aliphatic carbocycles. The van der Waals surface area contributed by atoms with Crippen LogP contribution in [-0.2, 0) is 6.54 Å². The topological polar surface area (TPSA) is 74.5 Å². The molecule has 0 bridgehead atoms. The average Bonchev–Trinajstić information content (AvgIpc) is 3.24. The van der Waals surface area contributed by atoms with Gasteiger partial charge in [-0.3, -0.25) is 9.56 Å². The Labute approximate surface area is 187 Å². The summed E-state index contributed by atoms with van der Waals surface area (Å²) in [5.74, 6) is 2.75. The SMILES string of the molecule is CN=C(NCc1nncn1-c1ccccc1)N1CCN(c2ccccn2)CC1.I. The summed E-state index contributed by atoms with van der Waals surface area (Å²) in [6.45, 7) is 4.17. The highest BCUT2D eigenvalue weighted by Gasteiger charge is 2.20. The third-order valence-corrected chi connectivity index (χ3v) is 4.82. The van der Waals surface area contributed by atoms with Gasteiger partial charge in [-0.05, 0) is 24.3 Å². The number of nitrogens with one attached hydrogen (secondary N) is 1. The molecule has 0 unspecified atom stereocenters. The van der Waals surface area contributed by atoms with E-state index in [0.29, 0.717) is 6.54 Å². The van der Waals surface area contributed by atoms with Gasteiger partial charge in [0.2, 0.25) is 0 Å². The lowest BCUT2D eigenvalue weighted by Crippen LogP contribution is -2.52. The van der Waals surface area contributed by atoms with Gasteiger partial charge in [0.1, 0.15) is 12.1 Å². The standard InChI is InChI=1S/C20H24N8.HI/c1-21-20(27-13-11-26(12-14-27)18-9-5-6-10-22-18)23-15-19-25-24-16-28(19)17-7-3-2-4-8-17;/h2-10,16H,11-15H2,1H3,(H,21,23);1H. The molecular formula is C20H25IN8. The van der Waals surface area contributed by atoms with Gasteiger partial charge in [-0.1, -0.05) is 24.3 Å². The number of halogens is 1. The molecule has 1 fully saturated rings. The normalized spacial score (nSPS) is 14.4. The average molecular weight is 504 g/mol. The maximum Gasteiger partial charge on any atom is 0.194 e. The third kappa shape index (κ3) is 5.03. The molecule has 4 rings (SSSR count). The van der Waals surface area contributed by atoms with Gasteiger partial charge in [-0.15, -0.1) is 34.2 Å². The van der Waals surface area contributed by atoms with Crippen LogP contribution in [0.2, 0.25) is 0 Å². The van der Waals surface area contributed by atoms with E-state index >= 15 is 0 Å². The molecule has 8 nitrogen and oxygen atoms in total. The zero-order valence-corrected chi connectivity index (χ0v) is 18.7. The Balaban J connectivity index is 0.00000240. The summed E-state index contributed by atoms with van der Waals surface area (Å²) in [6.07, 6.45) is 3.58. The van der Waals surface area contributed by atoms with Crippen molar-refractivity contribution in [2.24, 2.45) is 4.99 Å². The number of piperazine rings is 1. The number of aromatic nitrogens is 4. The minimum atomic E-state index is 0. The molecule has 1 N–H and O–H groups in total. The number of pyridine rings is 1. The van der Waals surface area contributed by atoms with Crippen LogP contribution in [0.3, 0.4) is 0 Å². The Hall–Kier alpha value is -2.69. The first kappa shape index (κ1) is 21.0. The minimum absolute atomic E-state index is 0. The van der Waals surface area contributed by atoms with Gasteiger partial charge < -0.3 is 15.1 Å². The summed E-state index contributed by atoms with van der Waals surface area (Å²) >= 11 is 0. The maximum atomic E-state index is 4.45. The van der Waals surface area contributed by atoms with Crippen LogP contribution in [0.5, 0.6) is 0 Å². The first-order valence-electron chi connectivity index (χ1n) is 9.41.